The molecule has 1 atom stereocenters. The van der Waals surface area contributed by atoms with Gasteiger partial charge in [0.15, 0.2) is 6.10 Å². The minimum absolute atomic E-state index is 0.112. The second-order valence-electron chi connectivity index (χ2n) is 4.87. The van der Waals surface area contributed by atoms with Crippen LogP contribution in [0, 0.1) is 0 Å². The van der Waals surface area contributed by atoms with Gasteiger partial charge in [-0.2, -0.15) is 0 Å². The summed E-state index contributed by atoms with van der Waals surface area (Å²) in [5.74, 6) is 0.617. The van der Waals surface area contributed by atoms with Crippen LogP contribution in [0.3, 0.4) is 0 Å². The van der Waals surface area contributed by atoms with Crippen LogP contribution in [-0.2, 0) is 9.53 Å². The molecule has 4 heteroatoms. The fraction of sp³-hybridized carbons (Fsp3) is 0.353. The molecule has 0 unspecified atom stereocenters. The molecule has 0 fully saturated rings. The van der Waals surface area contributed by atoms with Crippen LogP contribution in [0.5, 0.6) is 5.75 Å². The molecule has 1 N–H and O–H groups in total. The number of rotatable bonds is 7. The van der Waals surface area contributed by atoms with E-state index in [-0.39, 0.29) is 5.91 Å². The van der Waals surface area contributed by atoms with E-state index in [9.17, 15) is 4.79 Å². The lowest BCUT2D eigenvalue weighted by Gasteiger charge is -2.16. The molecular weight excluding hydrogens is 266 g/mol. The summed E-state index contributed by atoms with van der Waals surface area (Å²) in [6, 6.07) is 13.8. The highest BCUT2D eigenvalue weighted by atomic mass is 16.5. The maximum Gasteiger partial charge on any atom is 0.260 e. The molecule has 2 rings (SSSR count). The molecule has 4 nitrogen and oxygen atoms in total. The molecule has 0 saturated heterocycles. The number of carbonyl (C=O) groups excluding carboxylic acids is 1. The number of hydrogen-bond acceptors (Lipinski definition) is 3. The van der Waals surface area contributed by atoms with Crippen LogP contribution in [-0.4, -0.2) is 32.3 Å². The number of nitrogens with one attached hydrogen (secondary N) is 1. The maximum atomic E-state index is 12.0. The van der Waals surface area contributed by atoms with Crippen molar-refractivity contribution < 1.29 is 14.3 Å². The lowest BCUT2D eigenvalue weighted by atomic mass is 10.1. The number of amides is 1. The third kappa shape index (κ3) is 4.20. The summed E-state index contributed by atoms with van der Waals surface area (Å²) in [5, 5.41) is 4.95. The topological polar surface area (TPSA) is 47.6 Å². The van der Waals surface area contributed by atoms with Crippen LogP contribution in [0.4, 0.5) is 0 Å². The molecule has 0 saturated carbocycles. The van der Waals surface area contributed by atoms with Crippen molar-refractivity contribution in [1.29, 1.82) is 0 Å². The van der Waals surface area contributed by atoms with Crippen molar-refractivity contribution >= 4 is 16.7 Å². The van der Waals surface area contributed by atoms with Gasteiger partial charge in [-0.05, 0) is 24.8 Å². The van der Waals surface area contributed by atoms with Crippen molar-refractivity contribution in [2.45, 2.75) is 19.4 Å². The Balaban J connectivity index is 1.98. The van der Waals surface area contributed by atoms with Crippen molar-refractivity contribution in [1.82, 2.24) is 5.32 Å². The molecule has 0 aliphatic rings. The van der Waals surface area contributed by atoms with Crippen LogP contribution in [0.1, 0.15) is 13.3 Å². The fourth-order valence-electron chi connectivity index (χ4n) is 2.11. The Bertz CT molecular complexity index is 592. The molecular formula is C17H21NO3. The van der Waals surface area contributed by atoms with Gasteiger partial charge in [0.2, 0.25) is 0 Å². The monoisotopic (exact) mass is 287 g/mol. The number of carbonyl (C=O) groups is 1. The molecule has 0 spiro atoms. The molecule has 0 aliphatic carbocycles. The SMILES string of the molecule is COCCCNC(=O)[C@@H](C)Oc1cccc2ccccc12. The van der Waals surface area contributed by atoms with E-state index in [0.717, 1.165) is 22.9 Å². The second kappa shape index (κ2) is 7.64. The van der Waals surface area contributed by atoms with Crippen LogP contribution in [0.25, 0.3) is 10.8 Å². The van der Waals surface area contributed by atoms with E-state index in [4.69, 9.17) is 9.47 Å². The summed E-state index contributed by atoms with van der Waals surface area (Å²) in [7, 11) is 1.65. The van der Waals surface area contributed by atoms with Crippen LogP contribution >= 0.6 is 0 Å². The first-order valence-electron chi connectivity index (χ1n) is 7.13. The molecule has 0 aliphatic heterocycles. The van der Waals surface area contributed by atoms with Gasteiger partial charge in [-0.1, -0.05) is 36.4 Å². The van der Waals surface area contributed by atoms with Crippen molar-refractivity contribution in [3.63, 3.8) is 0 Å². The first kappa shape index (κ1) is 15.3. The van der Waals surface area contributed by atoms with Gasteiger partial charge in [0.05, 0.1) is 0 Å². The summed E-state index contributed by atoms with van der Waals surface area (Å²) in [5.41, 5.74) is 0. The first-order valence-corrected chi connectivity index (χ1v) is 7.13. The van der Waals surface area contributed by atoms with Gasteiger partial charge >= 0.3 is 0 Å². The van der Waals surface area contributed by atoms with Crippen LogP contribution in [0.15, 0.2) is 42.5 Å². The van der Waals surface area contributed by atoms with Crippen molar-refractivity contribution in [3.05, 3.63) is 42.5 Å². The highest BCUT2D eigenvalue weighted by Gasteiger charge is 2.15. The Kier molecular flexibility index (Phi) is 5.58. The molecule has 0 radical (unpaired) electrons. The minimum atomic E-state index is -0.529. The molecule has 0 bridgehead atoms. The zero-order valence-electron chi connectivity index (χ0n) is 12.5. The zero-order valence-corrected chi connectivity index (χ0v) is 12.5. The quantitative estimate of drug-likeness (QED) is 0.797. The Morgan fingerprint density at radius 2 is 1.95 bits per heavy atom. The summed E-state index contributed by atoms with van der Waals surface area (Å²) in [4.78, 5) is 12.0. The lowest BCUT2D eigenvalue weighted by Crippen LogP contribution is -2.37. The second-order valence-corrected chi connectivity index (χ2v) is 4.87. The van der Waals surface area contributed by atoms with Gasteiger partial charge in [0.1, 0.15) is 5.75 Å². The van der Waals surface area contributed by atoms with Gasteiger partial charge in [-0.3, -0.25) is 4.79 Å². The normalized spacial score (nSPS) is 12.1. The summed E-state index contributed by atoms with van der Waals surface area (Å²) in [6.45, 7) is 2.99. The maximum absolute atomic E-state index is 12.0. The standard InChI is InChI=1S/C17H21NO3/c1-13(17(19)18-11-6-12-20-2)21-16-10-5-8-14-7-3-4-9-15(14)16/h3-5,7-10,13H,6,11-12H2,1-2H3,(H,18,19)/t13-/m1/s1. The Labute approximate surface area is 125 Å². The van der Waals surface area contributed by atoms with Crippen molar-refractivity contribution in [2.75, 3.05) is 20.3 Å². The lowest BCUT2D eigenvalue weighted by molar-refractivity contribution is -0.127. The summed E-state index contributed by atoms with van der Waals surface area (Å²) >= 11 is 0. The molecule has 0 aromatic heterocycles. The van der Waals surface area contributed by atoms with Gasteiger partial charge < -0.3 is 14.8 Å². The minimum Gasteiger partial charge on any atom is -0.480 e. The average Bonchev–Trinajstić information content (AvgIpc) is 2.51. The Morgan fingerprint density at radius 3 is 2.76 bits per heavy atom. The number of benzene rings is 2. The fourth-order valence-corrected chi connectivity index (χ4v) is 2.11. The Morgan fingerprint density at radius 1 is 1.19 bits per heavy atom. The summed E-state index contributed by atoms with van der Waals surface area (Å²) < 4.78 is 10.7. The molecule has 0 heterocycles. The van der Waals surface area contributed by atoms with E-state index < -0.39 is 6.10 Å². The highest BCUT2D eigenvalue weighted by molar-refractivity contribution is 5.89. The number of ether oxygens (including phenoxy) is 2. The summed E-state index contributed by atoms with van der Waals surface area (Å²) in [6.07, 6.45) is 0.266. The average molecular weight is 287 g/mol. The van der Waals surface area contributed by atoms with E-state index in [1.54, 1.807) is 14.0 Å². The van der Waals surface area contributed by atoms with E-state index in [1.807, 2.05) is 42.5 Å². The first-order chi connectivity index (χ1) is 10.2. The van der Waals surface area contributed by atoms with E-state index in [2.05, 4.69) is 5.32 Å². The number of fused-ring (bicyclic) bond motifs is 1. The zero-order chi connectivity index (χ0) is 15.1. The highest BCUT2D eigenvalue weighted by Crippen LogP contribution is 2.25. The van der Waals surface area contributed by atoms with Gasteiger partial charge in [-0.25, -0.2) is 0 Å². The van der Waals surface area contributed by atoms with E-state index >= 15 is 0 Å². The molecule has 1 amide bonds. The van der Waals surface area contributed by atoms with E-state index in [0.29, 0.717) is 13.2 Å². The van der Waals surface area contributed by atoms with E-state index in [1.165, 1.54) is 0 Å². The van der Waals surface area contributed by atoms with Crippen LogP contribution < -0.4 is 10.1 Å². The van der Waals surface area contributed by atoms with Gasteiger partial charge in [0, 0.05) is 25.6 Å². The molecule has 112 valence electrons. The predicted octanol–water partition coefficient (Wildman–Crippen LogP) is 2.76. The predicted molar refractivity (Wildman–Crippen MR) is 83.5 cm³/mol. The van der Waals surface area contributed by atoms with Crippen molar-refractivity contribution in [2.24, 2.45) is 0 Å². The number of hydrogen-bond donors (Lipinski definition) is 1. The largest absolute Gasteiger partial charge is 0.480 e. The van der Waals surface area contributed by atoms with Crippen LogP contribution in [0.2, 0.25) is 0 Å². The van der Waals surface area contributed by atoms with Gasteiger partial charge in [0.25, 0.3) is 5.91 Å². The number of methoxy groups -OCH3 is 1. The molecule has 2 aromatic carbocycles. The van der Waals surface area contributed by atoms with Gasteiger partial charge in [-0.15, -0.1) is 0 Å². The third-order valence-electron chi connectivity index (χ3n) is 3.25. The third-order valence-corrected chi connectivity index (χ3v) is 3.25. The van der Waals surface area contributed by atoms with Crippen molar-refractivity contribution in [3.8, 4) is 5.75 Å². The molecule has 21 heavy (non-hydrogen) atoms. The molecule has 2 aromatic rings. The smallest absolute Gasteiger partial charge is 0.260 e. The Hall–Kier alpha value is -2.07.